The van der Waals surface area contributed by atoms with Gasteiger partial charge in [-0.2, -0.15) is 0 Å². The Bertz CT molecular complexity index is 1240. The molecule has 1 N–H and O–H groups in total. The van der Waals surface area contributed by atoms with Gasteiger partial charge in [0.25, 0.3) is 0 Å². The summed E-state index contributed by atoms with van der Waals surface area (Å²) in [4.78, 5) is 0. The highest BCUT2D eigenvalue weighted by Gasteiger charge is 2.75. The molecule has 0 spiro atoms. The predicted molar refractivity (Wildman–Crippen MR) is 111 cm³/mol. The maximum Gasteiger partial charge on any atom is 0.176 e. The van der Waals surface area contributed by atoms with E-state index in [2.05, 4.69) is 41.7 Å². The highest BCUT2D eigenvalue weighted by Crippen LogP contribution is 3.05. The molecule has 1 fully saturated rings. The van der Waals surface area contributed by atoms with E-state index in [1.165, 1.54) is 0 Å². The second-order valence-corrected chi connectivity index (χ2v) is 9.56. The van der Waals surface area contributed by atoms with Crippen molar-refractivity contribution in [1.29, 1.82) is 0 Å². The number of benzene rings is 3. The molecule has 0 bridgehead atoms. The fraction of sp³-hybridized carbons (Fsp3) is 0. The molecule has 1 atom stereocenters. The van der Waals surface area contributed by atoms with Crippen LogP contribution in [0.1, 0.15) is 11.1 Å². The molecule has 0 radical (unpaired) electrons. The lowest BCUT2D eigenvalue weighted by Gasteiger charge is -2.24. The van der Waals surface area contributed by atoms with Crippen LogP contribution in [-0.4, -0.2) is 0 Å². The molecule has 0 saturated carbocycles. The van der Waals surface area contributed by atoms with E-state index in [0.29, 0.717) is 0 Å². The summed E-state index contributed by atoms with van der Waals surface area (Å²) in [7, 11) is -2.32. The Morgan fingerprint density at radius 1 is 0.556 bits per heavy atom. The van der Waals surface area contributed by atoms with Crippen molar-refractivity contribution < 1.29 is 4.57 Å². The zero-order chi connectivity index (χ0) is 18.0. The summed E-state index contributed by atoms with van der Waals surface area (Å²) >= 11 is 0. The lowest BCUT2D eigenvalue weighted by Crippen LogP contribution is -2.09. The quantitative estimate of drug-likeness (QED) is 0.532. The van der Waals surface area contributed by atoms with Gasteiger partial charge in [0, 0.05) is 27.5 Å². The average molecular weight is 365 g/mol. The standard InChI is InChI=1S/C24H16NOP/c26-27-22-20(17-12-6-2-7-13-17)19(16-10-4-1-5-11-16)21(23(27)24(22)27)25-18-14-8-3-9-15-18/h1-15,25H. The van der Waals surface area contributed by atoms with E-state index in [1.54, 1.807) is 0 Å². The summed E-state index contributed by atoms with van der Waals surface area (Å²) in [5, 5.41) is 6.84. The number of nitrogens with one attached hydrogen (secondary N) is 1. The largest absolute Gasteiger partial charge is 0.354 e. The highest BCUT2D eigenvalue weighted by atomic mass is 31.2. The van der Waals surface area contributed by atoms with Gasteiger partial charge in [-0.1, -0.05) is 78.9 Å². The van der Waals surface area contributed by atoms with Crippen LogP contribution >= 0.6 is 7.14 Å². The fourth-order valence-electron chi connectivity index (χ4n) is 4.11. The topological polar surface area (TPSA) is 29.1 Å². The van der Waals surface area contributed by atoms with Crippen molar-refractivity contribution in [2.24, 2.45) is 0 Å². The minimum absolute atomic E-state index is 1.01. The third-order valence-corrected chi connectivity index (χ3v) is 8.22. The Morgan fingerprint density at radius 2 is 1.04 bits per heavy atom. The van der Waals surface area contributed by atoms with E-state index in [0.717, 1.165) is 49.6 Å². The minimum atomic E-state index is -2.32. The summed E-state index contributed by atoms with van der Waals surface area (Å²) in [6.07, 6.45) is 0. The minimum Gasteiger partial charge on any atom is -0.354 e. The third kappa shape index (κ3) is 1.99. The molecule has 3 aromatic rings. The van der Waals surface area contributed by atoms with Crippen molar-refractivity contribution in [3.63, 3.8) is 0 Å². The van der Waals surface area contributed by atoms with Gasteiger partial charge < -0.3 is 9.88 Å². The lowest BCUT2D eigenvalue weighted by molar-refractivity contribution is 0.596. The third-order valence-electron chi connectivity index (χ3n) is 5.43. The molecule has 6 rings (SSSR count). The van der Waals surface area contributed by atoms with E-state index >= 15 is 0 Å². The average Bonchev–Trinajstić information content (AvgIpc) is 3.57. The molecule has 1 saturated heterocycles. The molecule has 3 heterocycles. The molecule has 128 valence electrons. The molecule has 3 aromatic carbocycles. The Hall–Kier alpha value is -3.09. The van der Waals surface area contributed by atoms with Gasteiger partial charge in [0.1, 0.15) is 0 Å². The monoisotopic (exact) mass is 365 g/mol. The van der Waals surface area contributed by atoms with E-state index in [4.69, 9.17) is 0 Å². The second kappa shape index (κ2) is 5.22. The van der Waals surface area contributed by atoms with Gasteiger partial charge in [-0.15, -0.1) is 0 Å². The smallest absolute Gasteiger partial charge is 0.176 e. The second-order valence-electron chi connectivity index (χ2n) is 7.00. The van der Waals surface area contributed by atoms with Crippen molar-refractivity contribution >= 4 is 24.0 Å². The first-order chi connectivity index (χ1) is 13.3. The van der Waals surface area contributed by atoms with Crippen molar-refractivity contribution in [3.05, 3.63) is 124 Å². The maximum absolute atomic E-state index is 13.3. The van der Waals surface area contributed by atoms with Crippen LogP contribution in [-0.2, 0) is 4.57 Å². The number of hydrogen-bond acceptors (Lipinski definition) is 2. The van der Waals surface area contributed by atoms with Crippen molar-refractivity contribution in [2.75, 3.05) is 5.32 Å². The molecular weight excluding hydrogens is 349 g/mol. The number of anilines is 1. The molecule has 1 unspecified atom stereocenters. The van der Waals surface area contributed by atoms with E-state index in [-0.39, 0.29) is 0 Å². The normalized spacial score (nSPS) is 21.9. The zero-order valence-electron chi connectivity index (χ0n) is 14.5. The summed E-state index contributed by atoms with van der Waals surface area (Å²) in [6.45, 7) is 0. The first-order valence-electron chi connectivity index (χ1n) is 9.09. The van der Waals surface area contributed by atoms with Gasteiger partial charge in [-0.05, 0) is 23.3 Å². The van der Waals surface area contributed by atoms with E-state index in [9.17, 15) is 4.57 Å². The molecule has 0 aromatic heterocycles. The Kier molecular flexibility index (Phi) is 2.90. The Labute approximate surface area is 157 Å². The molecule has 3 aliphatic heterocycles. The molecule has 0 amide bonds. The van der Waals surface area contributed by atoms with Crippen LogP contribution < -0.4 is 5.32 Å². The number of fused-ring (bicyclic) bond motifs is 1. The van der Waals surface area contributed by atoms with Gasteiger partial charge >= 0.3 is 0 Å². The Balaban J connectivity index is 1.60. The number of hydrogen-bond donors (Lipinski definition) is 1. The molecular formula is C24H16NOP. The van der Waals surface area contributed by atoms with Crippen molar-refractivity contribution in [2.45, 2.75) is 0 Å². The highest BCUT2D eigenvalue weighted by molar-refractivity contribution is 7.95. The van der Waals surface area contributed by atoms with Crippen molar-refractivity contribution in [3.8, 4) is 0 Å². The summed E-state index contributed by atoms with van der Waals surface area (Å²) in [5.74, 6) is 0. The van der Waals surface area contributed by atoms with Gasteiger partial charge in [0.15, 0.2) is 7.14 Å². The number of rotatable bonds is 4. The van der Waals surface area contributed by atoms with E-state index < -0.39 is 7.14 Å². The molecule has 3 aliphatic rings. The molecule has 0 aliphatic carbocycles. The van der Waals surface area contributed by atoms with Crippen molar-refractivity contribution in [1.82, 2.24) is 0 Å². The van der Waals surface area contributed by atoms with Gasteiger partial charge in [0.05, 0.1) is 11.0 Å². The van der Waals surface area contributed by atoms with Crippen LogP contribution in [0, 0.1) is 0 Å². The SMILES string of the molecule is O=P12c3c(Nc4ccccc4)c(-c4ccccc4)c(-c4ccccc4)c1c32. The molecule has 27 heavy (non-hydrogen) atoms. The predicted octanol–water partition coefficient (Wildman–Crippen LogP) is 6.54. The van der Waals surface area contributed by atoms with Crippen LogP contribution in [0.3, 0.4) is 0 Å². The van der Waals surface area contributed by atoms with Crippen LogP contribution in [0.2, 0.25) is 0 Å². The van der Waals surface area contributed by atoms with Crippen LogP contribution in [0.5, 0.6) is 0 Å². The molecule has 3 heteroatoms. The lowest BCUT2D eigenvalue weighted by atomic mass is 9.89. The van der Waals surface area contributed by atoms with Crippen LogP contribution in [0.4, 0.5) is 5.69 Å². The van der Waals surface area contributed by atoms with Crippen LogP contribution in [0.15, 0.2) is 113 Å². The zero-order valence-corrected chi connectivity index (χ0v) is 15.4. The maximum atomic E-state index is 13.3. The van der Waals surface area contributed by atoms with Gasteiger partial charge in [-0.25, -0.2) is 0 Å². The molecule has 2 nitrogen and oxygen atoms in total. The summed E-state index contributed by atoms with van der Waals surface area (Å²) in [6, 6.07) is 30.9. The van der Waals surface area contributed by atoms with E-state index in [1.807, 2.05) is 54.6 Å². The number of allylic oxidation sites excluding steroid dienone is 5. The first-order valence-corrected chi connectivity index (χ1v) is 10.8. The first kappa shape index (κ1) is 15.0. The Morgan fingerprint density at radius 3 is 1.59 bits per heavy atom. The van der Waals surface area contributed by atoms with Crippen LogP contribution in [0.25, 0.3) is 11.1 Å². The number of para-hydroxylation sites is 1. The summed E-state index contributed by atoms with van der Waals surface area (Å²) in [5.41, 5.74) is 6.60. The fourth-order valence-corrected chi connectivity index (χ4v) is 7.12. The van der Waals surface area contributed by atoms with Gasteiger partial charge in [0.2, 0.25) is 0 Å². The summed E-state index contributed by atoms with van der Waals surface area (Å²) < 4.78 is 13.3. The van der Waals surface area contributed by atoms with Gasteiger partial charge in [-0.3, -0.25) is 0 Å².